The van der Waals surface area contributed by atoms with Crippen LogP contribution in [0.25, 0.3) is 81.8 Å². The first-order valence-electron chi connectivity index (χ1n) is 16.7. The normalized spacial score (nSPS) is 11.7. The van der Waals surface area contributed by atoms with Gasteiger partial charge >= 0.3 is 0 Å². The second-order valence-electron chi connectivity index (χ2n) is 13.0. The Bertz CT molecular complexity index is 2710. The molecule has 49 heavy (non-hydrogen) atoms. The number of benzene rings is 6. The van der Waals surface area contributed by atoms with Gasteiger partial charge in [0.15, 0.2) is 17.5 Å². The summed E-state index contributed by atoms with van der Waals surface area (Å²) in [4.78, 5) is 15.5. The fourth-order valence-electron chi connectivity index (χ4n) is 7.46. The van der Waals surface area contributed by atoms with Crippen LogP contribution < -0.4 is 27.3 Å². The van der Waals surface area contributed by atoms with E-state index in [1.54, 1.807) is 11.3 Å². The quantitative estimate of drug-likeness (QED) is 0.275. The van der Waals surface area contributed by atoms with Gasteiger partial charge in [-0.3, -0.25) is 0 Å². The summed E-state index contributed by atoms with van der Waals surface area (Å²) >= 11 is 1.80. The minimum Gasteiger partial charge on any atom is -0.309 e. The molecule has 226 valence electrons. The fourth-order valence-corrected chi connectivity index (χ4v) is 8.65. The van der Waals surface area contributed by atoms with E-state index in [0.717, 1.165) is 28.2 Å². The molecule has 3 aromatic heterocycles. The molecule has 0 spiro atoms. The van der Waals surface area contributed by atoms with Gasteiger partial charge < -0.3 is 4.57 Å². The Morgan fingerprint density at radius 1 is 0.469 bits per heavy atom. The van der Waals surface area contributed by atoms with Crippen LogP contribution in [0.5, 0.6) is 0 Å². The Morgan fingerprint density at radius 2 is 1.04 bits per heavy atom. The van der Waals surface area contributed by atoms with Gasteiger partial charge in [0.2, 0.25) is 0 Å². The Kier molecular flexibility index (Phi) is 6.92. The van der Waals surface area contributed by atoms with Crippen LogP contribution in [-0.2, 0) is 0 Å². The number of thiophene rings is 1. The fraction of sp³-hybridized carbons (Fsp3) is 0. The third-order valence-electron chi connectivity index (χ3n) is 10.5. The lowest BCUT2D eigenvalue weighted by molar-refractivity contribution is 1.08. The molecule has 0 radical (unpaired) electrons. The first-order chi connectivity index (χ1) is 23.9. The van der Waals surface area contributed by atoms with Crippen molar-refractivity contribution in [1.29, 1.82) is 0 Å². The number of aromatic nitrogens is 4. The molecular formula is C39H29B5N4S. The molecule has 0 saturated heterocycles. The van der Waals surface area contributed by atoms with E-state index in [2.05, 4.69) is 141 Å². The van der Waals surface area contributed by atoms with Crippen molar-refractivity contribution in [1.82, 2.24) is 19.5 Å². The van der Waals surface area contributed by atoms with Crippen LogP contribution in [0.3, 0.4) is 0 Å². The standard InChI is InChI=1S/C39H29B5N4S/c40-31-30(32(41)34(43)35(44)33(31)42)39-46-37(20-9-2-1-3-10-20)45-38(47-39)25-14-8-13-24-26-19-21(17-18-29(26)49-36(24)25)48-27-15-6-4-11-22(27)23-12-5-7-16-28(23)48/h1-19H,40-44H2. The Morgan fingerprint density at radius 3 is 1.73 bits per heavy atom. The summed E-state index contributed by atoms with van der Waals surface area (Å²) in [6.45, 7) is 0. The maximum absolute atomic E-state index is 5.26. The van der Waals surface area contributed by atoms with Crippen LogP contribution in [0.1, 0.15) is 0 Å². The molecule has 10 heteroatoms. The zero-order valence-corrected chi connectivity index (χ0v) is 29.0. The second-order valence-corrected chi connectivity index (χ2v) is 14.1. The van der Waals surface area contributed by atoms with Gasteiger partial charge in [-0.05, 0) is 36.4 Å². The molecule has 6 aromatic carbocycles. The molecule has 0 bridgehead atoms. The summed E-state index contributed by atoms with van der Waals surface area (Å²) in [5.74, 6) is 2.09. The van der Waals surface area contributed by atoms with E-state index in [1.807, 2.05) is 18.2 Å². The maximum Gasteiger partial charge on any atom is 0.165 e. The van der Waals surface area contributed by atoms with Crippen LogP contribution >= 0.6 is 11.3 Å². The lowest BCUT2D eigenvalue weighted by atomic mass is 9.60. The molecule has 0 N–H and O–H groups in total. The first kappa shape index (κ1) is 29.8. The number of nitrogens with zero attached hydrogens (tertiary/aromatic N) is 4. The van der Waals surface area contributed by atoms with Crippen LogP contribution in [0.4, 0.5) is 0 Å². The van der Waals surface area contributed by atoms with Crippen molar-refractivity contribution in [3.05, 3.63) is 115 Å². The van der Waals surface area contributed by atoms with Crippen molar-refractivity contribution in [2.24, 2.45) is 0 Å². The van der Waals surface area contributed by atoms with Crippen LogP contribution in [-0.4, -0.2) is 58.8 Å². The monoisotopic (exact) mass is 640 g/mol. The lowest BCUT2D eigenvalue weighted by Crippen LogP contribution is -2.55. The average molecular weight is 640 g/mol. The predicted molar refractivity (Wildman–Crippen MR) is 224 cm³/mol. The molecule has 0 saturated carbocycles. The van der Waals surface area contributed by atoms with Crippen LogP contribution in [0.2, 0.25) is 0 Å². The highest BCUT2D eigenvalue weighted by Gasteiger charge is 2.21. The van der Waals surface area contributed by atoms with Gasteiger partial charge in [-0.1, -0.05) is 89.8 Å². The van der Waals surface area contributed by atoms with E-state index in [4.69, 9.17) is 15.0 Å². The first-order valence-corrected chi connectivity index (χ1v) is 17.5. The van der Waals surface area contributed by atoms with Gasteiger partial charge in [-0.25, -0.2) is 15.0 Å². The minimum atomic E-state index is 0.682. The number of hydrogen-bond donors (Lipinski definition) is 0. The average Bonchev–Trinajstić information content (AvgIpc) is 3.69. The van der Waals surface area contributed by atoms with E-state index in [9.17, 15) is 0 Å². The van der Waals surface area contributed by atoms with E-state index in [1.165, 1.54) is 69.3 Å². The molecule has 0 atom stereocenters. The molecule has 0 amide bonds. The molecular weight excluding hydrogens is 611 g/mol. The summed E-state index contributed by atoms with van der Waals surface area (Å²) in [6.07, 6.45) is 0. The molecule has 9 rings (SSSR count). The summed E-state index contributed by atoms with van der Waals surface area (Å²) in [7, 11) is 11.0. The van der Waals surface area contributed by atoms with Crippen molar-refractivity contribution in [3.63, 3.8) is 0 Å². The van der Waals surface area contributed by atoms with Gasteiger partial charge in [0, 0.05) is 53.3 Å². The van der Waals surface area contributed by atoms with Crippen LogP contribution in [0, 0.1) is 0 Å². The molecule has 0 aliphatic rings. The Labute approximate surface area is 293 Å². The largest absolute Gasteiger partial charge is 0.309 e. The van der Waals surface area contributed by atoms with Crippen molar-refractivity contribution < 1.29 is 0 Å². The van der Waals surface area contributed by atoms with E-state index in [-0.39, 0.29) is 0 Å². The van der Waals surface area contributed by atoms with Gasteiger partial charge in [-0.2, -0.15) is 0 Å². The van der Waals surface area contributed by atoms with Gasteiger partial charge in [0.25, 0.3) is 0 Å². The SMILES string of the molecule is Bc1c(B)c(B)c(-c2nc(-c3ccccc3)nc(-c3cccc4c3sc3ccc(-n5c6ccccc6c6ccccc65)cc34)n2)c(B)c1B. The van der Waals surface area contributed by atoms with Crippen molar-refractivity contribution in [3.8, 4) is 39.9 Å². The zero-order chi connectivity index (χ0) is 33.4. The Balaban J connectivity index is 1.28. The third-order valence-corrected chi connectivity index (χ3v) is 11.7. The van der Waals surface area contributed by atoms with E-state index < -0.39 is 0 Å². The van der Waals surface area contributed by atoms with Gasteiger partial charge in [-0.15, -0.1) is 27.7 Å². The molecule has 0 aliphatic heterocycles. The van der Waals surface area contributed by atoms with E-state index >= 15 is 0 Å². The summed E-state index contributed by atoms with van der Waals surface area (Å²) in [5.41, 5.74) is 13.0. The van der Waals surface area contributed by atoms with Crippen molar-refractivity contribution in [2.45, 2.75) is 0 Å². The van der Waals surface area contributed by atoms with Crippen molar-refractivity contribution in [2.75, 3.05) is 0 Å². The smallest absolute Gasteiger partial charge is 0.165 e. The molecule has 0 fully saturated rings. The molecule has 4 nitrogen and oxygen atoms in total. The summed E-state index contributed by atoms with van der Waals surface area (Å²) < 4.78 is 4.80. The van der Waals surface area contributed by atoms with Crippen LogP contribution in [0.15, 0.2) is 115 Å². The summed E-state index contributed by atoms with van der Waals surface area (Å²) in [6, 6.07) is 41.0. The Hall–Kier alpha value is -5.33. The highest BCUT2D eigenvalue weighted by atomic mass is 32.1. The zero-order valence-electron chi connectivity index (χ0n) is 28.2. The van der Waals surface area contributed by atoms with E-state index in [0.29, 0.717) is 11.6 Å². The second kappa shape index (κ2) is 11.4. The molecule has 3 heterocycles. The topological polar surface area (TPSA) is 43.6 Å². The highest BCUT2D eigenvalue weighted by molar-refractivity contribution is 7.26. The number of para-hydroxylation sites is 2. The van der Waals surface area contributed by atoms with Gasteiger partial charge in [0.1, 0.15) is 39.2 Å². The lowest BCUT2D eigenvalue weighted by Gasteiger charge is -2.20. The minimum absolute atomic E-state index is 0.682. The third kappa shape index (κ3) is 4.62. The number of rotatable bonds is 4. The van der Waals surface area contributed by atoms with Gasteiger partial charge in [0.05, 0.1) is 11.0 Å². The number of fused-ring (bicyclic) bond motifs is 6. The summed E-state index contributed by atoms with van der Waals surface area (Å²) in [5, 5.41) is 4.97. The maximum atomic E-state index is 5.26. The molecule has 0 unspecified atom stereocenters. The molecule has 9 aromatic rings. The molecule has 0 aliphatic carbocycles. The number of hydrogen-bond acceptors (Lipinski definition) is 4. The van der Waals surface area contributed by atoms with Crippen molar-refractivity contribution >= 4 is 120 Å². The highest BCUT2D eigenvalue weighted by Crippen LogP contribution is 2.41. The predicted octanol–water partition coefficient (Wildman–Crippen LogP) is 1.63.